The van der Waals surface area contributed by atoms with Gasteiger partial charge in [-0.1, -0.05) is 6.07 Å². The van der Waals surface area contributed by atoms with Gasteiger partial charge in [0.05, 0.1) is 25.4 Å². The van der Waals surface area contributed by atoms with Crippen molar-refractivity contribution in [3.05, 3.63) is 23.8 Å². The first kappa shape index (κ1) is 16.7. The summed E-state index contributed by atoms with van der Waals surface area (Å²) in [6.45, 7) is 0. The lowest BCUT2D eigenvalue weighted by atomic mass is 9.70. The number of hydrogen-bond donors (Lipinski definition) is 0. The van der Waals surface area contributed by atoms with E-state index in [0.29, 0.717) is 24.9 Å². The summed E-state index contributed by atoms with van der Waals surface area (Å²) in [5.74, 6) is 2.00. The summed E-state index contributed by atoms with van der Waals surface area (Å²) in [5, 5.41) is 18.5. The highest BCUT2D eigenvalue weighted by Crippen LogP contribution is 2.44. The maximum absolute atomic E-state index is 9.26. The summed E-state index contributed by atoms with van der Waals surface area (Å²) >= 11 is 0. The molecule has 2 saturated carbocycles. The first-order chi connectivity index (χ1) is 11.7. The molecule has 4 heteroatoms. The Kier molecular flexibility index (Phi) is 4.95. The van der Waals surface area contributed by atoms with E-state index in [0.717, 1.165) is 37.2 Å². The smallest absolute Gasteiger partial charge is 0.161 e. The third-order valence-electron chi connectivity index (χ3n) is 5.52. The van der Waals surface area contributed by atoms with Crippen molar-refractivity contribution in [3.63, 3.8) is 0 Å². The maximum Gasteiger partial charge on any atom is 0.161 e. The van der Waals surface area contributed by atoms with Crippen molar-refractivity contribution in [1.82, 2.24) is 0 Å². The molecule has 24 heavy (non-hydrogen) atoms. The molecule has 1 aromatic carbocycles. The molecule has 0 aromatic heterocycles. The van der Waals surface area contributed by atoms with E-state index in [1.807, 2.05) is 6.07 Å². The van der Waals surface area contributed by atoms with Crippen molar-refractivity contribution in [2.75, 3.05) is 7.11 Å². The molecule has 1 aromatic rings. The number of rotatable bonds is 4. The summed E-state index contributed by atoms with van der Waals surface area (Å²) < 4.78 is 11.6. The highest BCUT2D eigenvalue weighted by atomic mass is 16.5. The molecular weight excluding hydrogens is 300 g/mol. The van der Waals surface area contributed by atoms with Gasteiger partial charge >= 0.3 is 0 Å². The zero-order valence-electron chi connectivity index (χ0n) is 14.3. The van der Waals surface area contributed by atoms with E-state index >= 15 is 0 Å². The van der Waals surface area contributed by atoms with Gasteiger partial charge in [-0.05, 0) is 75.0 Å². The van der Waals surface area contributed by atoms with E-state index in [1.165, 1.54) is 18.4 Å². The second-order valence-electron chi connectivity index (χ2n) is 7.01. The van der Waals surface area contributed by atoms with Gasteiger partial charge in [0.25, 0.3) is 0 Å². The highest BCUT2D eigenvalue weighted by molar-refractivity contribution is 5.44. The number of hydrogen-bond acceptors (Lipinski definition) is 4. The molecule has 2 fully saturated rings. The van der Waals surface area contributed by atoms with Crippen LogP contribution in [0.1, 0.15) is 62.8 Å². The van der Waals surface area contributed by atoms with E-state index < -0.39 is 5.41 Å². The van der Waals surface area contributed by atoms with Crippen LogP contribution in [0.3, 0.4) is 0 Å². The average molecular weight is 324 g/mol. The minimum atomic E-state index is -0.786. The topological polar surface area (TPSA) is 66.0 Å². The fourth-order valence-electron chi connectivity index (χ4n) is 3.92. The summed E-state index contributed by atoms with van der Waals surface area (Å²) in [6.07, 6.45) is 8.04. The van der Waals surface area contributed by atoms with Gasteiger partial charge in [0.1, 0.15) is 5.41 Å². The van der Waals surface area contributed by atoms with Gasteiger partial charge < -0.3 is 9.47 Å². The number of benzene rings is 1. The van der Waals surface area contributed by atoms with Gasteiger partial charge in [0, 0.05) is 0 Å². The molecule has 0 N–H and O–H groups in total. The van der Waals surface area contributed by atoms with Crippen molar-refractivity contribution < 1.29 is 9.47 Å². The quantitative estimate of drug-likeness (QED) is 0.804. The Bertz CT molecular complexity index is 641. The Balaban J connectivity index is 1.75. The molecule has 0 saturated heterocycles. The van der Waals surface area contributed by atoms with E-state index in [1.54, 1.807) is 7.11 Å². The molecule has 0 bridgehead atoms. The molecule has 2 aliphatic rings. The lowest BCUT2D eigenvalue weighted by Crippen LogP contribution is -2.23. The average Bonchev–Trinajstić information content (AvgIpc) is 3.15. The number of ether oxygens (including phenoxy) is 2. The standard InChI is InChI=1S/C20H24N2O2/c1-23-18-7-6-16(12-19(18)24-17-4-2-3-5-17)15-8-10-20(13-21,14-22)11-9-15/h6-7,12,15,17H,2-5,8-11H2,1H3. The zero-order chi connectivity index (χ0) is 17.0. The van der Waals surface area contributed by atoms with Crippen molar-refractivity contribution in [2.24, 2.45) is 5.41 Å². The van der Waals surface area contributed by atoms with E-state index in [-0.39, 0.29) is 0 Å². The molecule has 2 aliphatic carbocycles. The van der Waals surface area contributed by atoms with Crippen LogP contribution in [-0.2, 0) is 0 Å². The van der Waals surface area contributed by atoms with Crippen LogP contribution in [0.4, 0.5) is 0 Å². The minimum Gasteiger partial charge on any atom is -0.493 e. The summed E-state index contributed by atoms with van der Waals surface area (Å²) in [5.41, 5.74) is 0.444. The number of nitriles is 2. The predicted octanol–water partition coefficient (Wildman–Crippen LogP) is 4.71. The van der Waals surface area contributed by atoms with Gasteiger partial charge in [-0.2, -0.15) is 10.5 Å². The third kappa shape index (κ3) is 3.34. The molecule has 3 rings (SSSR count). The molecular formula is C20H24N2O2. The van der Waals surface area contributed by atoms with Crippen LogP contribution in [0.2, 0.25) is 0 Å². The zero-order valence-corrected chi connectivity index (χ0v) is 14.3. The molecule has 0 atom stereocenters. The second kappa shape index (κ2) is 7.14. The first-order valence-corrected chi connectivity index (χ1v) is 8.87. The Morgan fingerprint density at radius 1 is 1.00 bits per heavy atom. The number of nitrogens with zero attached hydrogens (tertiary/aromatic N) is 2. The summed E-state index contributed by atoms with van der Waals surface area (Å²) in [6, 6.07) is 10.6. The Morgan fingerprint density at radius 3 is 2.25 bits per heavy atom. The molecule has 0 unspecified atom stereocenters. The van der Waals surface area contributed by atoms with Crippen LogP contribution >= 0.6 is 0 Å². The summed E-state index contributed by atoms with van der Waals surface area (Å²) in [7, 11) is 1.67. The van der Waals surface area contributed by atoms with Crippen molar-refractivity contribution in [3.8, 4) is 23.6 Å². The highest BCUT2D eigenvalue weighted by Gasteiger charge is 2.36. The normalized spacial score (nSPS) is 21.0. The van der Waals surface area contributed by atoms with Crippen molar-refractivity contribution in [2.45, 2.75) is 63.4 Å². The number of methoxy groups -OCH3 is 1. The predicted molar refractivity (Wildman–Crippen MR) is 90.7 cm³/mol. The van der Waals surface area contributed by atoms with Crippen LogP contribution in [-0.4, -0.2) is 13.2 Å². The van der Waals surface area contributed by atoms with Crippen LogP contribution in [0.5, 0.6) is 11.5 Å². The fraction of sp³-hybridized carbons (Fsp3) is 0.600. The van der Waals surface area contributed by atoms with Gasteiger partial charge in [0.2, 0.25) is 0 Å². The molecule has 126 valence electrons. The lowest BCUT2D eigenvalue weighted by Gasteiger charge is -2.30. The Labute approximate surface area is 144 Å². The molecule has 0 amide bonds. The van der Waals surface area contributed by atoms with E-state index in [9.17, 15) is 10.5 Å². The maximum atomic E-state index is 9.26. The SMILES string of the molecule is COc1ccc(C2CCC(C#N)(C#N)CC2)cc1OC1CCCC1. The molecule has 0 heterocycles. The summed E-state index contributed by atoms with van der Waals surface area (Å²) in [4.78, 5) is 0. The lowest BCUT2D eigenvalue weighted by molar-refractivity contribution is 0.200. The monoisotopic (exact) mass is 324 g/mol. The van der Waals surface area contributed by atoms with E-state index in [2.05, 4.69) is 24.3 Å². The van der Waals surface area contributed by atoms with Gasteiger partial charge in [-0.3, -0.25) is 0 Å². The van der Waals surface area contributed by atoms with Crippen molar-refractivity contribution in [1.29, 1.82) is 10.5 Å². The largest absolute Gasteiger partial charge is 0.493 e. The van der Waals surface area contributed by atoms with E-state index in [4.69, 9.17) is 9.47 Å². The van der Waals surface area contributed by atoms with Crippen LogP contribution in [0, 0.1) is 28.1 Å². The molecule has 0 radical (unpaired) electrons. The first-order valence-electron chi connectivity index (χ1n) is 8.87. The molecule has 4 nitrogen and oxygen atoms in total. The van der Waals surface area contributed by atoms with Gasteiger partial charge in [-0.15, -0.1) is 0 Å². The van der Waals surface area contributed by atoms with Crippen molar-refractivity contribution >= 4 is 0 Å². The van der Waals surface area contributed by atoms with Crippen LogP contribution in [0.15, 0.2) is 18.2 Å². The second-order valence-corrected chi connectivity index (χ2v) is 7.01. The minimum absolute atomic E-state index is 0.297. The molecule has 0 spiro atoms. The van der Waals surface area contributed by atoms with Gasteiger partial charge in [-0.25, -0.2) is 0 Å². The third-order valence-corrected chi connectivity index (χ3v) is 5.52. The van der Waals surface area contributed by atoms with Crippen LogP contribution in [0.25, 0.3) is 0 Å². The van der Waals surface area contributed by atoms with Gasteiger partial charge in [0.15, 0.2) is 11.5 Å². The Morgan fingerprint density at radius 2 is 1.67 bits per heavy atom. The Hall–Kier alpha value is -2.20. The fourth-order valence-corrected chi connectivity index (χ4v) is 3.92. The molecule has 0 aliphatic heterocycles. The van der Waals surface area contributed by atoms with Crippen LogP contribution < -0.4 is 9.47 Å².